The topological polar surface area (TPSA) is 18.5 Å². The first kappa shape index (κ1) is 31.0. The summed E-state index contributed by atoms with van der Waals surface area (Å²) in [5.41, 5.74) is 9.89. The van der Waals surface area contributed by atoms with Crippen molar-refractivity contribution in [2.24, 2.45) is 0 Å². The van der Waals surface area contributed by atoms with E-state index in [0.29, 0.717) is 11.1 Å². The highest BCUT2D eigenvalue weighted by molar-refractivity contribution is 6.08. The molecule has 0 saturated heterocycles. The number of rotatable bonds is 3. The largest absolute Gasteiger partial charge is 0.497 e. The van der Waals surface area contributed by atoms with Crippen molar-refractivity contribution in [3.63, 3.8) is 0 Å². The molecule has 10 rings (SSSR count). The average Bonchev–Trinajstić information content (AvgIpc) is 3.53. The van der Waals surface area contributed by atoms with Crippen LogP contribution in [-0.4, -0.2) is 7.11 Å². The summed E-state index contributed by atoms with van der Waals surface area (Å²) >= 11 is 0. The van der Waals surface area contributed by atoms with Crippen LogP contribution in [0.25, 0.3) is 49.9 Å². The van der Waals surface area contributed by atoms with Crippen molar-refractivity contribution >= 4 is 27.6 Å². The van der Waals surface area contributed by atoms with Crippen molar-refractivity contribution in [3.8, 4) is 33.8 Å². The summed E-state index contributed by atoms with van der Waals surface area (Å²) in [6, 6.07) is 37.7. The molecule has 0 bridgehead atoms. The van der Waals surface area contributed by atoms with Gasteiger partial charge in [-0.25, -0.2) is 8.78 Å². The Hall–Kier alpha value is -5.74. The molecule has 7 aromatic rings. The van der Waals surface area contributed by atoms with Crippen LogP contribution >= 0.6 is 0 Å². The van der Waals surface area contributed by atoms with Gasteiger partial charge in [-0.1, -0.05) is 107 Å². The lowest BCUT2D eigenvalue weighted by Gasteiger charge is -2.39. The molecule has 1 unspecified atom stereocenters. The van der Waals surface area contributed by atoms with Gasteiger partial charge in [-0.2, -0.15) is 0 Å². The fourth-order valence-electron chi connectivity index (χ4n) is 9.58. The van der Waals surface area contributed by atoms with Crippen LogP contribution in [0, 0.1) is 11.6 Å². The normalized spacial score (nSPS) is 18.4. The fraction of sp³-hybridized carbons (Fsp3) is 0.167. The molecule has 0 saturated carbocycles. The fourth-order valence-corrected chi connectivity index (χ4v) is 9.58. The zero-order valence-corrected chi connectivity index (χ0v) is 29.7. The van der Waals surface area contributed by atoms with Crippen molar-refractivity contribution in [1.29, 1.82) is 0 Å². The number of ether oxygens (including phenoxy) is 2. The highest BCUT2D eigenvalue weighted by Crippen LogP contribution is 2.59. The Kier molecular flexibility index (Phi) is 6.22. The zero-order valence-electron chi connectivity index (χ0n) is 29.7. The van der Waals surface area contributed by atoms with Crippen LogP contribution in [-0.2, 0) is 16.4 Å². The van der Waals surface area contributed by atoms with E-state index < -0.39 is 11.0 Å². The summed E-state index contributed by atoms with van der Waals surface area (Å²) in [4.78, 5) is 0. The molecule has 1 aliphatic heterocycles. The second-order valence-corrected chi connectivity index (χ2v) is 15.5. The lowest BCUT2D eigenvalue weighted by Crippen LogP contribution is -2.35. The molecular formula is C48H36F2O2. The maximum absolute atomic E-state index is 15.3. The monoisotopic (exact) mass is 682 g/mol. The first-order valence-electron chi connectivity index (χ1n) is 17.8. The Morgan fingerprint density at radius 1 is 0.577 bits per heavy atom. The quantitative estimate of drug-likeness (QED) is 0.185. The third-order valence-electron chi connectivity index (χ3n) is 12.0. The standard InChI is InChI=1S/C48H36F2O2/c1-46(2)40-24-29(13-19-34(40)36-18-10-27-8-6-7-9-33(27)43(36)46)48(28-11-16-32(51-5)17-12-28)23-22-38-44-42(35-20-14-30(49)25-39(35)45(38)52-48)37-21-15-31(50)26-41(37)47(44,3)4/h6-26H,1-5H3. The molecule has 1 atom stereocenters. The van der Waals surface area contributed by atoms with E-state index in [2.05, 4.69) is 94.4 Å². The smallest absolute Gasteiger partial charge is 0.178 e. The minimum absolute atomic E-state index is 0.274. The van der Waals surface area contributed by atoms with Crippen molar-refractivity contribution in [2.75, 3.05) is 7.11 Å². The van der Waals surface area contributed by atoms with Gasteiger partial charge in [0.05, 0.1) is 7.11 Å². The van der Waals surface area contributed by atoms with Gasteiger partial charge in [0.1, 0.15) is 23.1 Å². The molecule has 3 aliphatic rings. The van der Waals surface area contributed by atoms with Gasteiger partial charge < -0.3 is 9.47 Å². The van der Waals surface area contributed by atoms with Gasteiger partial charge in [0.15, 0.2) is 5.60 Å². The van der Waals surface area contributed by atoms with E-state index in [9.17, 15) is 4.39 Å². The van der Waals surface area contributed by atoms with Gasteiger partial charge in [-0.3, -0.25) is 0 Å². The number of halogens is 2. The first-order valence-corrected chi connectivity index (χ1v) is 17.8. The van der Waals surface area contributed by atoms with Crippen LogP contribution < -0.4 is 9.47 Å². The molecule has 0 fully saturated rings. The first-order chi connectivity index (χ1) is 25.0. The van der Waals surface area contributed by atoms with Gasteiger partial charge in [0, 0.05) is 32.9 Å². The van der Waals surface area contributed by atoms with E-state index in [4.69, 9.17) is 9.47 Å². The molecule has 254 valence electrons. The third kappa shape index (κ3) is 3.98. The van der Waals surface area contributed by atoms with E-state index in [1.54, 1.807) is 19.2 Å². The predicted molar refractivity (Wildman–Crippen MR) is 206 cm³/mol. The maximum atomic E-state index is 15.3. The Morgan fingerprint density at radius 2 is 1.25 bits per heavy atom. The van der Waals surface area contributed by atoms with Crippen molar-refractivity contribution in [1.82, 2.24) is 0 Å². The molecule has 0 amide bonds. The highest BCUT2D eigenvalue weighted by atomic mass is 19.1. The molecule has 1 heterocycles. The molecule has 7 aromatic carbocycles. The van der Waals surface area contributed by atoms with E-state index in [-0.39, 0.29) is 17.0 Å². The van der Waals surface area contributed by atoms with E-state index in [1.807, 2.05) is 36.4 Å². The summed E-state index contributed by atoms with van der Waals surface area (Å²) in [6.45, 7) is 8.89. The van der Waals surface area contributed by atoms with Crippen LogP contribution in [0.4, 0.5) is 8.78 Å². The van der Waals surface area contributed by atoms with Crippen LogP contribution in [0.5, 0.6) is 11.5 Å². The molecule has 0 spiro atoms. The van der Waals surface area contributed by atoms with Crippen LogP contribution in [0.15, 0.2) is 121 Å². The number of fused-ring (bicyclic) bond motifs is 13. The van der Waals surface area contributed by atoms with Gasteiger partial charge in [0.25, 0.3) is 0 Å². The summed E-state index contributed by atoms with van der Waals surface area (Å²) in [5, 5.41) is 4.06. The van der Waals surface area contributed by atoms with Crippen LogP contribution in [0.1, 0.15) is 66.6 Å². The van der Waals surface area contributed by atoms with Gasteiger partial charge in [0.2, 0.25) is 0 Å². The lowest BCUT2D eigenvalue weighted by atomic mass is 9.75. The minimum Gasteiger partial charge on any atom is -0.497 e. The van der Waals surface area contributed by atoms with Crippen molar-refractivity contribution in [2.45, 2.75) is 44.1 Å². The van der Waals surface area contributed by atoms with Gasteiger partial charge in [-0.05, 0) is 109 Å². The van der Waals surface area contributed by atoms with Crippen molar-refractivity contribution < 1.29 is 18.3 Å². The Bertz CT molecular complexity index is 2720. The molecule has 2 aliphatic carbocycles. The Morgan fingerprint density at radius 3 is 2.06 bits per heavy atom. The van der Waals surface area contributed by atoms with Crippen LogP contribution in [0.2, 0.25) is 0 Å². The molecule has 52 heavy (non-hydrogen) atoms. The summed E-state index contributed by atoms with van der Waals surface area (Å²) in [7, 11) is 1.66. The van der Waals surface area contributed by atoms with Crippen LogP contribution in [0.3, 0.4) is 0 Å². The Balaban J connectivity index is 1.24. The SMILES string of the molecule is COc1ccc(C2(c3ccc4c(c3)C(C)(C)c3c-4ccc4ccccc34)C=Cc3c4c(c5ccc(F)cc5c3O2)-c2ccc(F)cc2C4(C)C)cc1. The Labute approximate surface area is 302 Å². The summed E-state index contributed by atoms with van der Waals surface area (Å²) in [5.74, 6) is 0.739. The molecule has 0 N–H and O–H groups in total. The predicted octanol–water partition coefficient (Wildman–Crippen LogP) is 12.2. The lowest BCUT2D eigenvalue weighted by molar-refractivity contribution is 0.163. The number of benzene rings is 7. The minimum atomic E-state index is -1.06. The maximum Gasteiger partial charge on any atom is 0.178 e. The number of hydrogen-bond acceptors (Lipinski definition) is 2. The molecule has 0 aromatic heterocycles. The second kappa shape index (κ2) is 10.4. The van der Waals surface area contributed by atoms with Gasteiger partial charge in [-0.15, -0.1) is 0 Å². The van der Waals surface area contributed by atoms with E-state index in [0.717, 1.165) is 50.1 Å². The molecule has 2 nitrogen and oxygen atoms in total. The molecular weight excluding hydrogens is 647 g/mol. The summed E-state index contributed by atoms with van der Waals surface area (Å²) in [6.07, 6.45) is 4.30. The second-order valence-electron chi connectivity index (χ2n) is 15.5. The molecule has 0 radical (unpaired) electrons. The molecule has 4 heteroatoms. The summed E-state index contributed by atoms with van der Waals surface area (Å²) < 4.78 is 43.1. The third-order valence-corrected chi connectivity index (χ3v) is 12.0. The number of hydrogen-bond donors (Lipinski definition) is 0. The number of methoxy groups -OCH3 is 1. The highest BCUT2D eigenvalue weighted by Gasteiger charge is 2.46. The zero-order chi connectivity index (χ0) is 35.7. The average molecular weight is 683 g/mol. The van der Waals surface area contributed by atoms with E-state index in [1.165, 1.54) is 45.2 Å². The van der Waals surface area contributed by atoms with Crippen molar-refractivity contribution in [3.05, 3.63) is 172 Å². The van der Waals surface area contributed by atoms with Gasteiger partial charge >= 0.3 is 0 Å². The van der Waals surface area contributed by atoms with E-state index >= 15 is 4.39 Å².